The van der Waals surface area contributed by atoms with Gasteiger partial charge in [-0.25, -0.2) is 5.43 Å². The van der Waals surface area contributed by atoms with Crippen LogP contribution in [0.25, 0.3) is 0 Å². The molecule has 1 atom stereocenters. The van der Waals surface area contributed by atoms with Crippen LogP contribution in [0.15, 0.2) is 23.3 Å². The van der Waals surface area contributed by atoms with Gasteiger partial charge in [0.05, 0.1) is 11.1 Å². The van der Waals surface area contributed by atoms with Gasteiger partial charge in [-0.2, -0.15) is 5.10 Å². The van der Waals surface area contributed by atoms with Gasteiger partial charge in [0.2, 0.25) is 5.91 Å². The molecule has 1 amide bonds. The second-order valence-corrected chi connectivity index (χ2v) is 6.93. The summed E-state index contributed by atoms with van der Waals surface area (Å²) in [7, 11) is 0. The van der Waals surface area contributed by atoms with Crippen LogP contribution < -0.4 is 5.43 Å². The lowest BCUT2D eigenvalue weighted by molar-refractivity contribution is -0.125. The van der Waals surface area contributed by atoms with Crippen LogP contribution in [-0.4, -0.2) is 21.1 Å². The Morgan fingerprint density at radius 2 is 2.05 bits per heavy atom. The van der Waals surface area contributed by atoms with E-state index >= 15 is 0 Å². The normalized spacial score (nSPS) is 24.4. The molecule has 0 aromatic heterocycles. The fourth-order valence-electron chi connectivity index (χ4n) is 1.76. The predicted octanol–water partition coefficient (Wildman–Crippen LogP) is 3.47. The van der Waals surface area contributed by atoms with Crippen molar-refractivity contribution in [3.8, 4) is 5.75 Å². The third-order valence-electron chi connectivity index (χ3n) is 3.43. The number of carbonyl (C=O) groups excluding carboxylic acids is 1. The average molecular weight is 336 g/mol. The Morgan fingerprint density at radius 3 is 2.60 bits per heavy atom. The van der Waals surface area contributed by atoms with Gasteiger partial charge in [0.1, 0.15) is 10.1 Å². The van der Waals surface area contributed by atoms with E-state index in [0.717, 1.165) is 0 Å². The number of halogens is 3. The Morgan fingerprint density at radius 1 is 1.45 bits per heavy atom. The first kappa shape index (κ1) is 15.4. The minimum atomic E-state index is -1.04. The van der Waals surface area contributed by atoms with Crippen molar-refractivity contribution in [2.24, 2.45) is 10.5 Å². The number of alkyl halides is 2. The first-order valence-corrected chi connectivity index (χ1v) is 7.02. The number of nitrogens with one attached hydrogen (secondary N) is 1. The quantitative estimate of drug-likeness (QED) is 0.505. The molecule has 108 valence electrons. The van der Waals surface area contributed by atoms with E-state index in [0.29, 0.717) is 22.7 Å². The van der Waals surface area contributed by atoms with E-state index in [4.69, 9.17) is 34.8 Å². The third kappa shape index (κ3) is 2.73. The van der Waals surface area contributed by atoms with Crippen molar-refractivity contribution in [2.75, 3.05) is 0 Å². The molecule has 1 aromatic carbocycles. The summed E-state index contributed by atoms with van der Waals surface area (Å²) >= 11 is 17.7. The average Bonchev–Trinajstić information content (AvgIpc) is 2.89. The lowest BCUT2D eigenvalue weighted by atomic mass is 10.1. The van der Waals surface area contributed by atoms with Crippen LogP contribution >= 0.6 is 34.8 Å². The van der Waals surface area contributed by atoms with Crippen molar-refractivity contribution in [2.45, 2.75) is 24.6 Å². The third-order valence-corrected chi connectivity index (χ3v) is 4.77. The van der Waals surface area contributed by atoms with Gasteiger partial charge in [-0.1, -0.05) is 11.6 Å². The Balaban J connectivity index is 2.12. The molecule has 0 spiro atoms. The van der Waals surface area contributed by atoms with Gasteiger partial charge in [0.25, 0.3) is 0 Å². The van der Waals surface area contributed by atoms with E-state index in [1.807, 2.05) is 0 Å². The molecule has 20 heavy (non-hydrogen) atoms. The Labute approximate surface area is 131 Å². The number of benzene rings is 1. The molecule has 1 aromatic rings. The summed E-state index contributed by atoms with van der Waals surface area (Å²) in [6.07, 6.45) is 0.381. The molecular formula is C13H13Cl3N2O2. The fourth-order valence-corrected chi connectivity index (χ4v) is 2.64. The van der Waals surface area contributed by atoms with Crippen LogP contribution in [-0.2, 0) is 4.79 Å². The second-order valence-electron chi connectivity index (χ2n) is 5.01. The van der Waals surface area contributed by atoms with E-state index in [-0.39, 0.29) is 11.7 Å². The maximum absolute atomic E-state index is 12.0. The first-order chi connectivity index (χ1) is 9.17. The number of nitrogens with zero attached hydrogens (tertiary/aromatic N) is 1. The molecule has 0 saturated heterocycles. The van der Waals surface area contributed by atoms with Crippen LogP contribution in [0, 0.1) is 5.41 Å². The first-order valence-electron chi connectivity index (χ1n) is 5.89. The molecule has 0 bridgehead atoms. The number of carbonyl (C=O) groups is 1. The molecule has 0 radical (unpaired) electrons. The van der Waals surface area contributed by atoms with Crippen LogP contribution in [0.5, 0.6) is 5.75 Å². The number of aromatic hydroxyl groups is 1. The van der Waals surface area contributed by atoms with Crippen molar-refractivity contribution in [1.82, 2.24) is 5.43 Å². The van der Waals surface area contributed by atoms with E-state index < -0.39 is 9.75 Å². The predicted molar refractivity (Wildman–Crippen MR) is 80.6 cm³/mol. The number of hydrogen-bond acceptors (Lipinski definition) is 3. The largest absolute Gasteiger partial charge is 0.507 e. The van der Waals surface area contributed by atoms with Gasteiger partial charge in [0.15, 0.2) is 0 Å². The number of hydrazone groups is 1. The highest BCUT2D eigenvalue weighted by atomic mass is 35.5. The highest BCUT2D eigenvalue weighted by Crippen LogP contribution is 2.63. The van der Waals surface area contributed by atoms with Gasteiger partial charge in [-0.05, 0) is 38.5 Å². The summed E-state index contributed by atoms with van der Waals surface area (Å²) in [5, 5.41) is 14.1. The Bertz CT molecular complexity index is 601. The summed E-state index contributed by atoms with van der Waals surface area (Å²) in [6, 6.07) is 4.59. The topological polar surface area (TPSA) is 61.7 Å². The van der Waals surface area contributed by atoms with E-state index in [2.05, 4.69) is 10.5 Å². The SMILES string of the molecule is C/C(=N\NC(=O)C1(C)CC1(Cl)Cl)c1cc(Cl)ccc1O. The lowest BCUT2D eigenvalue weighted by Crippen LogP contribution is -2.30. The maximum Gasteiger partial charge on any atom is 0.249 e. The molecular weight excluding hydrogens is 323 g/mol. The molecule has 2 N–H and O–H groups in total. The zero-order valence-electron chi connectivity index (χ0n) is 10.9. The Hall–Kier alpha value is -0.970. The number of phenolic OH excluding ortho intramolecular Hbond substituents is 1. The molecule has 1 unspecified atom stereocenters. The summed E-state index contributed by atoms with van der Waals surface area (Å²) in [6.45, 7) is 3.32. The molecule has 1 aliphatic carbocycles. The van der Waals surface area contributed by atoms with Gasteiger partial charge < -0.3 is 5.11 Å². The summed E-state index contributed by atoms with van der Waals surface area (Å²) in [5.41, 5.74) is 2.45. The van der Waals surface area contributed by atoms with E-state index in [9.17, 15) is 9.90 Å². The zero-order valence-corrected chi connectivity index (χ0v) is 13.1. The highest BCUT2D eigenvalue weighted by Gasteiger charge is 2.68. The standard InChI is InChI=1S/C13H13Cl3N2O2/c1-7(9-5-8(14)3-4-10(9)19)17-18-11(20)12(2)6-13(12,15)16/h3-5,19H,6H2,1-2H3,(H,18,20)/b17-7+. The monoisotopic (exact) mass is 334 g/mol. The van der Waals surface area contributed by atoms with Crippen molar-refractivity contribution < 1.29 is 9.90 Å². The van der Waals surface area contributed by atoms with Crippen molar-refractivity contribution >= 4 is 46.4 Å². The summed E-state index contributed by atoms with van der Waals surface area (Å²) in [4.78, 5) is 12.0. The van der Waals surface area contributed by atoms with E-state index in [1.165, 1.54) is 6.07 Å². The smallest absolute Gasteiger partial charge is 0.249 e. The van der Waals surface area contributed by atoms with Gasteiger partial charge in [0, 0.05) is 10.6 Å². The van der Waals surface area contributed by atoms with Gasteiger partial charge >= 0.3 is 0 Å². The van der Waals surface area contributed by atoms with Crippen LogP contribution in [0.3, 0.4) is 0 Å². The number of phenols is 1. The molecule has 2 rings (SSSR count). The summed E-state index contributed by atoms with van der Waals surface area (Å²) in [5.74, 6) is -0.324. The minimum absolute atomic E-state index is 0.0339. The molecule has 0 aliphatic heterocycles. The number of hydrogen-bond donors (Lipinski definition) is 2. The fraction of sp³-hybridized carbons (Fsp3) is 0.385. The van der Waals surface area contributed by atoms with Crippen molar-refractivity contribution in [3.05, 3.63) is 28.8 Å². The van der Waals surface area contributed by atoms with Crippen molar-refractivity contribution in [1.29, 1.82) is 0 Å². The second kappa shape index (κ2) is 5.10. The van der Waals surface area contributed by atoms with E-state index in [1.54, 1.807) is 26.0 Å². The molecule has 1 saturated carbocycles. The van der Waals surface area contributed by atoms with Gasteiger partial charge in [-0.15, -0.1) is 23.2 Å². The van der Waals surface area contributed by atoms with Crippen molar-refractivity contribution in [3.63, 3.8) is 0 Å². The Kier molecular flexibility index (Phi) is 3.93. The molecule has 7 heteroatoms. The summed E-state index contributed by atoms with van der Waals surface area (Å²) < 4.78 is -1.04. The molecule has 4 nitrogen and oxygen atoms in total. The molecule has 0 heterocycles. The molecule has 1 fully saturated rings. The number of rotatable bonds is 3. The molecule has 1 aliphatic rings. The van der Waals surface area contributed by atoms with Gasteiger partial charge in [-0.3, -0.25) is 4.79 Å². The zero-order chi connectivity index (χ0) is 15.1. The van der Waals surface area contributed by atoms with Crippen LogP contribution in [0.1, 0.15) is 25.8 Å². The number of amides is 1. The van der Waals surface area contributed by atoms with Crippen LogP contribution in [0.2, 0.25) is 5.02 Å². The lowest BCUT2D eigenvalue weighted by Gasteiger charge is -2.10. The highest BCUT2D eigenvalue weighted by molar-refractivity contribution is 6.53. The van der Waals surface area contributed by atoms with Crippen LogP contribution in [0.4, 0.5) is 0 Å². The maximum atomic E-state index is 12.0. The minimum Gasteiger partial charge on any atom is -0.507 e.